The van der Waals surface area contributed by atoms with E-state index in [1.54, 1.807) is 13.0 Å². The third-order valence-corrected chi connectivity index (χ3v) is 5.56. The number of nitrogens with zero attached hydrogens (tertiary/aromatic N) is 1. The molecule has 0 aromatic heterocycles. The van der Waals surface area contributed by atoms with Gasteiger partial charge in [-0.05, 0) is 43.2 Å². The molecule has 2 heterocycles. The molecule has 0 bridgehead atoms. The van der Waals surface area contributed by atoms with E-state index in [-0.39, 0.29) is 42.3 Å². The molecule has 0 radical (unpaired) electrons. The highest BCUT2D eigenvalue weighted by atomic mass is 19.1. The van der Waals surface area contributed by atoms with E-state index in [1.165, 1.54) is 23.1 Å². The minimum Gasteiger partial charge on any atom is -0.345 e. The number of amides is 4. The van der Waals surface area contributed by atoms with Crippen LogP contribution in [0.25, 0.3) is 0 Å². The van der Waals surface area contributed by atoms with Crippen LogP contribution >= 0.6 is 0 Å². The lowest BCUT2D eigenvalue weighted by molar-refractivity contribution is -0.136. The van der Waals surface area contributed by atoms with Crippen molar-refractivity contribution in [1.82, 2.24) is 15.5 Å². The van der Waals surface area contributed by atoms with Crippen LogP contribution in [0.15, 0.2) is 36.4 Å². The Morgan fingerprint density at radius 1 is 1.16 bits per heavy atom. The first-order valence-electron chi connectivity index (χ1n) is 9.78. The molecule has 2 aliphatic heterocycles. The van der Waals surface area contributed by atoms with Gasteiger partial charge in [-0.1, -0.05) is 6.07 Å². The second-order valence-electron chi connectivity index (χ2n) is 7.63. The zero-order valence-corrected chi connectivity index (χ0v) is 16.6. The Hall–Kier alpha value is -3.62. The van der Waals surface area contributed by atoms with Crippen LogP contribution in [0.1, 0.15) is 57.7 Å². The van der Waals surface area contributed by atoms with Crippen molar-refractivity contribution < 1.29 is 28.0 Å². The van der Waals surface area contributed by atoms with Gasteiger partial charge >= 0.3 is 0 Å². The summed E-state index contributed by atoms with van der Waals surface area (Å²) in [6.07, 6.45) is 0.403. The van der Waals surface area contributed by atoms with Gasteiger partial charge in [0, 0.05) is 35.7 Å². The zero-order valence-electron chi connectivity index (χ0n) is 16.6. The molecule has 31 heavy (non-hydrogen) atoms. The van der Waals surface area contributed by atoms with Crippen molar-refractivity contribution in [2.45, 2.75) is 38.4 Å². The topological polar surface area (TPSA) is 95.6 Å². The first-order valence-corrected chi connectivity index (χ1v) is 9.78. The lowest BCUT2D eigenvalue weighted by atomic mass is 10.0. The van der Waals surface area contributed by atoms with E-state index in [0.717, 1.165) is 12.1 Å². The molecule has 1 saturated heterocycles. The maximum atomic E-state index is 14.0. The van der Waals surface area contributed by atoms with Crippen LogP contribution in [0.3, 0.4) is 0 Å². The van der Waals surface area contributed by atoms with Crippen LogP contribution in [0.2, 0.25) is 0 Å². The van der Waals surface area contributed by atoms with Crippen molar-refractivity contribution in [1.29, 1.82) is 0 Å². The average Bonchev–Trinajstić information content (AvgIpc) is 3.03. The summed E-state index contributed by atoms with van der Waals surface area (Å²) in [6, 6.07) is 6.25. The fourth-order valence-corrected chi connectivity index (χ4v) is 3.93. The number of fused-ring (bicyclic) bond motifs is 1. The molecule has 160 valence electrons. The Kier molecular flexibility index (Phi) is 5.26. The van der Waals surface area contributed by atoms with Crippen molar-refractivity contribution in [2.24, 2.45) is 0 Å². The largest absolute Gasteiger partial charge is 0.345 e. The number of benzene rings is 2. The molecule has 7 nitrogen and oxygen atoms in total. The van der Waals surface area contributed by atoms with Crippen molar-refractivity contribution in [3.8, 4) is 0 Å². The second kappa shape index (κ2) is 7.90. The minimum atomic E-state index is -0.757. The van der Waals surface area contributed by atoms with E-state index in [1.807, 2.05) is 0 Å². The molecule has 0 spiro atoms. The highest BCUT2D eigenvalue weighted by Crippen LogP contribution is 2.28. The van der Waals surface area contributed by atoms with Gasteiger partial charge in [-0.3, -0.25) is 24.5 Å². The van der Waals surface area contributed by atoms with E-state index in [9.17, 15) is 28.0 Å². The number of piperidine rings is 1. The van der Waals surface area contributed by atoms with E-state index in [4.69, 9.17) is 0 Å². The SMILES string of the molecule is C[C@H](NC(=O)c1ccc2c(c1)CN(C1CCC(=O)NC1=O)C2=O)c1ccc(F)cc1F. The normalized spacial score (nSPS) is 19.1. The first-order chi connectivity index (χ1) is 14.7. The molecule has 2 aliphatic rings. The minimum absolute atomic E-state index is 0.143. The summed E-state index contributed by atoms with van der Waals surface area (Å²) in [5.41, 5.74) is 1.39. The van der Waals surface area contributed by atoms with Crippen molar-refractivity contribution in [3.63, 3.8) is 0 Å². The maximum Gasteiger partial charge on any atom is 0.255 e. The van der Waals surface area contributed by atoms with Crippen LogP contribution < -0.4 is 10.6 Å². The molecule has 1 unspecified atom stereocenters. The van der Waals surface area contributed by atoms with E-state index in [2.05, 4.69) is 10.6 Å². The standard InChI is InChI=1S/C22H19F2N3O4/c1-11(15-5-3-14(23)9-17(15)24)25-20(29)12-2-4-16-13(8-12)10-27(22(16)31)18-6-7-19(28)26-21(18)30/h2-5,8-9,11,18H,6-7,10H2,1H3,(H,25,29)(H,26,28,30)/t11-,18?/m0/s1. The quantitative estimate of drug-likeness (QED) is 0.732. The monoisotopic (exact) mass is 427 g/mol. The molecule has 4 rings (SSSR count). The summed E-state index contributed by atoms with van der Waals surface area (Å²) >= 11 is 0. The van der Waals surface area contributed by atoms with Crippen molar-refractivity contribution in [2.75, 3.05) is 0 Å². The lowest BCUT2D eigenvalue weighted by Gasteiger charge is -2.29. The predicted molar refractivity (Wildman–Crippen MR) is 105 cm³/mol. The fraction of sp³-hybridized carbons (Fsp3) is 0.273. The number of halogens is 2. The molecule has 9 heteroatoms. The summed E-state index contributed by atoms with van der Waals surface area (Å²) < 4.78 is 27.1. The Labute approximate surface area is 176 Å². The van der Waals surface area contributed by atoms with Crippen LogP contribution in [-0.4, -0.2) is 34.6 Å². The molecule has 1 fully saturated rings. The zero-order chi connectivity index (χ0) is 22.3. The van der Waals surface area contributed by atoms with Gasteiger partial charge in [0.1, 0.15) is 17.7 Å². The summed E-state index contributed by atoms with van der Waals surface area (Å²) in [6.45, 7) is 1.72. The average molecular weight is 427 g/mol. The van der Waals surface area contributed by atoms with Crippen LogP contribution in [0, 0.1) is 11.6 Å². The molecule has 0 saturated carbocycles. The Morgan fingerprint density at radius 3 is 2.65 bits per heavy atom. The van der Waals surface area contributed by atoms with Crippen LogP contribution in [0.5, 0.6) is 0 Å². The molecule has 2 atom stereocenters. The van der Waals surface area contributed by atoms with Crippen LogP contribution in [-0.2, 0) is 16.1 Å². The first kappa shape index (κ1) is 20.6. The smallest absolute Gasteiger partial charge is 0.255 e. The highest BCUT2D eigenvalue weighted by Gasteiger charge is 2.39. The number of rotatable bonds is 4. The molecular weight excluding hydrogens is 408 g/mol. The van der Waals surface area contributed by atoms with E-state index in [0.29, 0.717) is 11.1 Å². The van der Waals surface area contributed by atoms with Gasteiger partial charge in [0.2, 0.25) is 11.8 Å². The Balaban J connectivity index is 1.49. The Morgan fingerprint density at radius 2 is 1.94 bits per heavy atom. The molecule has 4 amide bonds. The van der Waals surface area contributed by atoms with Gasteiger partial charge in [-0.15, -0.1) is 0 Å². The van der Waals surface area contributed by atoms with E-state index >= 15 is 0 Å². The number of hydrogen-bond donors (Lipinski definition) is 2. The van der Waals surface area contributed by atoms with Gasteiger partial charge in [0.25, 0.3) is 11.8 Å². The lowest BCUT2D eigenvalue weighted by Crippen LogP contribution is -2.52. The molecule has 2 aromatic carbocycles. The number of nitrogens with one attached hydrogen (secondary N) is 2. The van der Waals surface area contributed by atoms with Crippen LogP contribution in [0.4, 0.5) is 8.78 Å². The Bertz CT molecular complexity index is 1120. The number of hydrogen-bond acceptors (Lipinski definition) is 4. The van der Waals surface area contributed by atoms with Gasteiger partial charge in [0.05, 0.1) is 6.04 Å². The van der Waals surface area contributed by atoms with Crippen molar-refractivity contribution in [3.05, 3.63) is 70.3 Å². The van der Waals surface area contributed by atoms with Gasteiger partial charge in [-0.25, -0.2) is 8.78 Å². The summed E-state index contributed by atoms with van der Waals surface area (Å²) in [5, 5.41) is 4.90. The number of carbonyl (C=O) groups is 4. The van der Waals surface area contributed by atoms with Crippen molar-refractivity contribution >= 4 is 23.6 Å². The number of carbonyl (C=O) groups excluding carboxylic acids is 4. The molecular formula is C22H19F2N3O4. The number of imide groups is 1. The van der Waals surface area contributed by atoms with Gasteiger partial charge in [-0.2, -0.15) is 0 Å². The summed E-state index contributed by atoms with van der Waals surface area (Å²) in [4.78, 5) is 50.2. The second-order valence-corrected chi connectivity index (χ2v) is 7.63. The third kappa shape index (κ3) is 3.90. The predicted octanol–water partition coefficient (Wildman–Crippen LogP) is 2.22. The maximum absolute atomic E-state index is 14.0. The van der Waals surface area contributed by atoms with E-state index < -0.39 is 35.5 Å². The van der Waals surface area contributed by atoms with Gasteiger partial charge < -0.3 is 10.2 Å². The summed E-state index contributed by atoms with van der Waals surface area (Å²) in [5.74, 6) is -3.15. The molecule has 0 aliphatic carbocycles. The summed E-state index contributed by atoms with van der Waals surface area (Å²) in [7, 11) is 0. The fourth-order valence-electron chi connectivity index (χ4n) is 3.93. The molecule has 2 N–H and O–H groups in total. The third-order valence-electron chi connectivity index (χ3n) is 5.56. The molecule has 2 aromatic rings. The van der Waals surface area contributed by atoms with Gasteiger partial charge in [0.15, 0.2) is 0 Å². The highest BCUT2D eigenvalue weighted by molar-refractivity contribution is 6.06.